The highest BCUT2D eigenvalue weighted by Gasteiger charge is 2.40. The van der Waals surface area contributed by atoms with Crippen LogP contribution in [0.5, 0.6) is 0 Å². The molecule has 0 spiro atoms. The van der Waals surface area contributed by atoms with Crippen LogP contribution in [0.3, 0.4) is 0 Å². The topological polar surface area (TPSA) is 79.2 Å². The maximum Gasteiger partial charge on any atom is 0.114 e. The van der Waals surface area contributed by atoms with Crippen molar-refractivity contribution in [3.05, 3.63) is 12.2 Å². The molecular weight excluding hydrogens is 320 g/mol. The summed E-state index contributed by atoms with van der Waals surface area (Å²) >= 11 is 0. The predicted molar refractivity (Wildman–Crippen MR) is 99.6 cm³/mol. The fourth-order valence-corrected chi connectivity index (χ4v) is 3.08. The molecule has 0 aromatic rings. The molecule has 148 valence electrons. The molecule has 0 aliphatic carbocycles. The third-order valence-corrected chi connectivity index (χ3v) is 4.72. The Morgan fingerprint density at radius 3 is 2.24 bits per heavy atom. The minimum absolute atomic E-state index is 0.0924. The van der Waals surface area contributed by atoms with E-state index in [1.54, 1.807) is 0 Å². The van der Waals surface area contributed by atoms with Gasteiger partial charge >= 0.3 is 0 Å². The Morgan fingerprint density at radius 2 is 1.64 bits per heavy atom. The van der Waals surface area contributed by atoms with Crippen LogP contribution in [-0.4, -0.2) is 59.6 Å². The summed E-state index contributed by atoms with van der Waals surface area (Å²) in [7, 11) is 0. The first-order valence-electron chi connectivity index (χ1n) is 10.1. The summed E-state index contributed by atoms with van der Waals surface area (Å²) in [6, 6.07) is 0. The zero-order chi connectivity index (χ0) is 18.3. The number of unbranched alkanes of at least 4 members (excludes halogenated alkanes) is 8. The van der Waals surface area contributed by atoms with Crippen molar-refractivity contribution in [3.8, 4) is 0 Å². The van der Waals surface area contributed by atoms with E-state index in [1.165, 1.54) is 44.9 Å². The lowest BCUT2D eigenvalue weighted by Crippen LogP contribution is -2.42. The fourth-order valence-electron chi connectivity index (χ4n) is 3.08. The van der Waals surface area contributed by atoms with Gasteiger partial charge in [0.1, 0.15) is 24.4 Å². The summed E-state index contributed by atoms with van der Waals surface area (Å²) < 4.78 is 10.9. The van der Waals surface area contributed by atoms with E-state index in [9.17, 15) is 15.3 Å². The normalized spacial score (nSPS) is 25.0. The van der Waals surface area contributed by atoms with E-state index >= 15 is 0 Å². The van der Waals surface area contributed by atoms with Crippen LogP contribution in [0.4, 0.5) is 0 Å². The second kappa shape index (κ2) is 14.7. The molecule has 4 atom stereocenters. The molecule has 0 saturated carbocycles. The van der Waals surface area contributed by atoms with Crippen LogP contribution in [0.25, 0.3) is 0 Å². The van der Waals surface area contributed by atoms with Crippen LogP contribution in [0, 0.1) is 0 Å². The summed E-state index contributed by atoms with van der Waals surface area (Å²) in [5, 5.41) is 28.6. The van der Waals surface area contributed by atoms with Crippen LogP contribution < -0.4 is 0 Å². The molecule has 1 aliphatic heterocycles. The molecule has 1 aliphatic rings. The van der Waals surface area contributed by atoms with Gasteiger partial charge in [-0.15, -0.1) is 0 Å². The summed E-state index contributed by atoms with van der Waals surface area (Å²) in [6.07, 6.45) is 13.6. The molecular formula is C20H38O5. The van der Waals surface area contributed by atoms with Gasteiger partial charge in [-0.1, -0.05) is 51.2 Å². The maximum absolute atomic E-state index is 9.79. The van der Waals surface area contributed by atoms with Crippen molar-refractivity contribution in [3.63, 3.8) is 0 Å². The molecule has 5 nitrogen and oxygen atoms in total. The van der Waals surface area contributed by atoms with Crippen molar-refractivity contribution in [2.24, 2.45) is 0 Å². The number of ether oxygens (including phenoxy) is 2. The van der Waals surface area contributed by atoms with Crippen molar-refractivity contribution in [2.45, 2.75) is 95.5 Å². The first kappa shape index (κ1) is 22.6. The summed E-state index contributed by atoms with van der Waals surface area (Å²) in [5.41, 5.74) is 0. The standard InChI is InChI=1S/C20H38O5/c1-2-3-4-5-6-7-8-9-10-11-12-13-14-24-18(15-21)20-19(23)17(22)16-25-20/h9-10,17-23H,2-8,11-16H2,1H3/b10-9+/t17-,18+,19-,20-/m1/s1. The molecule has 1 fully saturated rings. The molecule has 1 heterocycles. The number of hydrogen-bond donors (Lipinski definition) is 3. The highest BCUT2D eigenvalue weighted by atomic mass is 16.6. The molecule has 0 aromatic heterocycles. The van der Waals surface area contributed by atoms with E-state index in [2.05, 4.69) is 19.1 Å². The molecule has 0 aromatic carbocycles. The highest BCUT2D eigenvalue weighted by molar-refractivity contribution is 4.88. The minimum atomic E-state index is -0.984. The lowest BCUT2D eigenvalue weighted by atomic mass is 10.1. The van der Waals surface area contributed by atoms with Gasteiger partial charge < -0.3 is 24.8 Å². The Bertz CT molecular complexity index is 334. The van der Waals surface area contributed by atoms with Gasteiger partial charge in [0.15, 0.2) is 0 Å². The van der Waals surface area contributed by atoms with Gasteiger partial charge in [-0.2, -0.15) is 0 Å². The Labute approximate surface area is 153 Å². The third kappa shape index (κ3) is 9.71. The summed E-state index contributed by atoms with van der Waals surface area (Å²) in [6.45, 7) is 2.65. The van der Waals surface area contributed by atoms with E-state index in [0.717, 1.165) is 19.3 Å². The molecule has 0 unspecified atom stereocenters. The Balaban J connectivity index is 1.96. The van der Waals surface area contributed by atoms with Gasteiger partial charge in [0.05, 0.1) is 13.2 Å². The molecule has 25 heavy (non-hydrogen) atoms. The second-order valence-electron chi connectivity index (χ2n) is 6.97. The molecule has 5 heteroatoms. The number of aliphatic hydroxyl groups excluding tert-OH is 3. The van der Waals surface area contributed by atoms with E-state index in [4.69, 9.17) is 9.47 Å². The van der Waals surface area contributed by atoms with Gasteiger partial charge in [0, 0.05) is 6.61 Å². The van der Waals surface area contributed by atoms with Gasteiger partial charge in [-0.25, -0.2) is 0 Å². The first-order valence-corrected chi connectivity index (χ1v) is 10.1. The van der Waals surface area contributed by atoms with Crippen molar-refractivity contribution < 1.29 is 24.8 Å². The molecule has 0 bridgehead atoms. The number of hydrogen-bond acceptors (Lipinski definition) is 5. The highest BCUT2D eigenvalue weighted by Crippen LogP contribution is 2.19. The van der Waals surface area contributed by atoms with E-state index in [0.29, 0.717) is 6.61 Å². The van der Waals surface area contributed by atoms with Crippen LogP contribution in [-0.2, 0) is 9.47 Å². The Morgan fingerprint density at radius 1 is 1.00 bits per heavy atom. The number of aliphatic hydroxyl groups is 3. The fraction of sp³-hybridized carbons (Fsp3) is 0.900. The average molecular weight is 359 g/mol. The average Bonchev–Trinajstić information content (AvgIpc) is 2.95. The van der Waals surface area contributed by atoms with E-state index in [-0.39, 0.29) is 13.2 Å². The summed E-state index contributed by atoms with van der Waals surface area (Å²) in [4.78, 5) is 0. The quantitative estimate of drug-likeness (QED) is 0.310. The smallest absolute Gasteiger partial charge is 0.114 e. The minimum Gasteiger partial charge on any atom is -0.394 e. The zero-order valence-corrected chi connectivity index (χ0v) is 15.8. The monoisotopic (exact) mass is 358 g/mol. The maximum atomic E-state index is 9.79. The van der Waals surface area contributed by atoms with E-state index < -0.39 is 24.4 Å². The van der Waals surface area contributed by atoms with Gasteiger partial charge in [0.2, 0.25) is 0 Å². The first-order chi connectivity index (χ1) is 12.2. The Kier molecular flexibility index (Phi) is 13.3. The molecule has 1 rings (SSSR count). The molecule has 0 amide bonds. The van der Waals surface area contributed by atoms with Gasteiger partial charge in [-0.05, 0) is 32.1 Å². The molecule has 3 N–H and O–H groups in total. The second-order valence-corrected chi connectivity index (χ2v) is 6.97. The van der Waals surface area contributed by atoms with Crippen LogP contribution >= 0.6 is 0 Å². The lowest BCUT2D eigenvalue weighted by Gasteiger charge is -2.24. The lowest BCUT2D eigenvalue weighted by molar-refractivity contribution is -0.101. The molecule has 1 saturated heterocycles. The van der Waals surface area contributed by atoms with E-state index in [1.807, 2.05) is 0 Å². The van der Waals surface area contributed by atoms with Crippen molar-refractivity contribution in [1.82, 2.24) is 0 Å². The van der Waals surface area contributed by atoms with Crippen LogP contribution in [0.2, 0.25) is 0 Å². The van der Waals surface area contributed by atoms with Crippen LogP contribution in [0.1, 0.15) is 71.1 Å². The zero-order valence-electron chi connectivity index (χ0n) is 15.8. The van der Waals surface area contributed by atoms with Crippen LogP contribution in [0.15, 0.2) is 12.2 Å². The largest absolute Gasteiger partial charge is 0.394 e. The number of rotatable bonds is 15. The van der Waals surface area contributed by atoms with Crippen molar-refractivity contribution >= 4 is 0 Å². The third-order valence-electron chi connectivity index (χ3n) is 4.72. The number of allylic oxidation sites excluding steroid dienone is 2. The summed E-state index contributed by atoms with van der Waals surface area (Å²) in [5.74, 6) is 0. The predicted octanol–water partition coefficient (Wildman–Crippen LogP) is 2.96. The Hall–Kier alpha value is -0.460. The molecule has 0 radical (unpaired) electrons. The SMILES string of the molecule is CCCCCCCC/C=C/CCCCO[C@@H](CO)[C@H]1OC[C@@H](O)[C@H]1O. The van der Waals surface area contributed by atoms with Gasteiger partial charge in [-0.3, -0.25) is 0 Å². The van der Waals surface area contributed by atoms with Gasteiger partial charge in [0.25, 0.3) is 0 Å². The van der Waals surface area contributed by atoms with Crippen molar-refractivity contribution in [2.75, 3.05) is 19.8 Å². The van der Waals surface area contributed by atoms with Crippen molar-refractivity contribution in [1.29, 1.82) is 0 Å².